The molecule has 0 bridgehead atoms. The maximum Gasteiger partial charge on any atom is 0.251 e. The molecule has 0 radical (unpaired) electrons. The van der Waals surface area contributed by atoms with Crippen molar-refractivity contribution < 1.29 is 13.2 Å². The molecule has 0 saturated heterocycles. The van der Waals surface area contributed by atoms with Crippen LogP contribution in [-0.2, 0) is 6.54 Å². The molecule has 0 unspecified atom stereocenters. The smallest absolute Gasteiger partial charge is 0.251 e. The zero-order chi connectivity index (χ0) is 13.5. The summed E-state index contributed by atoms with van der Waals surface area (Å²) in [4.78, 5) is 1.37. The van der Waals surface area contributed by atoms with Gasteiger partial charge >= 0.3 is 0 Å². The average molecular weight is 256 g/mol. The topological polar surface area (TPSA) is 29.3 Å². The lowest BCUT2D eigenvalue weighted by Gasteiger charge is -2.16. The Kier molecular flexibility index (Phi) is 5.69. The fourth-order valence-corrected chi connectivity index (χ4v) is 1.50. The summed E-state index contributed by atoms with van der Waals surface area (Å²) in [6.07, 6.45) is -2.42. The van der Waals surface area contributed by atoms with Crippen molar-refractivity contribution in [3.05, 3.63) is 35.1 Å². The quantitative estimate of drug-likeness (QED) is 0.833. The van der Waals surface area contributed by atoms with Crippen molar-refractivity contribution in [3.63, 3.8) is 0 Å². The summed E-state index contributed by atoms with van der Waals surface area (Å²) in [5.74, 6) is 4.88. The van der Waals surface area contributed by atoms with Crippen LogP contribution in [0.5, 0.6) is 0 Å². The van der Waals surface area contributed by atoms with Crippen LogP contribution in [0.25, 0.3) is 0 Å². The molecule has 0 fully saturated rings. The van der Waals surface area contributed by atoms with Crippen molar-refractivity contribution in [2.75, 3.05) is 20.1 Å². The van der Waals surface area contributed by atoms with Gasteiger partial charge in [-0.1, -0.05) is 17.9 Å². The molecule has 0 aliphatic rings. The Morgan fingerprint density at radius 2 is 2.11 bits per heavy atom. The van der Waals surface area contributed by atoms with Crippen LogP contribution in [-0.4, -0.2) is 31.5 Å². The van der Waals surface area contributed by atoms with Crippen LogP contribution in [0.4, 0.5) is 13.2 Å². The Bertz CT molecular complexity index is 449. The minimum Gasteiger partial charge on any atom is -0.320 e. The highest BCUT2D eigenvalue weighted by atomic mass is 19.3. The van der Waals surface area contributed by atoms with Crippen molar-refractivity contribution >= 4 is 0 Å². The predicted octanol–water partition coefficient (Wildman–Crippen LogP) is 1.83. The van der Waals surface area contributed by atoms with Crippen LogP contribution in [0.15, 0.2) is 18.2 Å². The molecule has 0 aliphatic carbocycles. The Morgan fingerprint density at radius 3 is 2.67 bits per heavy atom. The van der Waals surface area contributed by atoms with Gasteiger partial charge in [-0.05, 0) is 19.2 Å². The molecule has 0 atom stereocenters. The maximum absolute atomic E-state index is 13.7. The number of halogens is 3. The zero-order valence-corrected chi connectivity index (χ0v) is 10.1. The monoisotopic (exact) mass is 256 g/mol. The molecule has 1 aromatic carbocycles. The van der Waals surface area contributed by atoms with E-state index in [0.29, 0.717) is 11.1 Å². The summed E-state index contributed by atoms with van der Waals surface area (Å²) in [7, 11) is 1.52. The van der Waals surface area contributed by atoms with Crippen molar-refractivity contribution in [2.24, 2.45) is 5.73 Å². The summed E-state index contributed by atoms with van der Waals surface area (Å²) >= 11 is 0. The van der Waals surface area contributed by atoms with Crippen LogP contribution < -0.4 is 5.73 Å². The minimum absolute atomic E-state index is 0.140. The molecule has 1 aromatic rings. The molecule has 5 heteroatoms. The molecule has 2 N–H and O–H groups in total. The standard InChI is InChI=1S/C13H15F3N2/c1-18(9-13(15)16)8-11-5-4-10(3-2-6-17)7-12(11)14/h4-5,7,13H,6,8-9,17H2,1H3. The second-order valence-electron chi connectivity index (χ2n) is 3.90. The summed E-state index contributed by atoms with van der Waals surface area (Å²) in [5, 5.41) is 0. The lowest BCUT2D eigenvalue weighted by Crippen LogP contribution is -2.24. The summed E-state index contributed by atoms with van der Waals surface area (Å²) < 4.78 is 37.9. The van der Waals surface area contributed by atoms with E-state index in [9.17, 15) is 13.2 Å². The van der Waals surface area contributed by atoms with E-state index in [1.165, 1.54) is 18.0 Å². The molecule has 18 heavy (non-hydrogen) atoms. The number of alkyl halides is 2. The number of nitrogens with zero attached hydrogens (tertiary/aromatic N) is 1. The maximum atomic E-state index is 13.7. The highest BCUT2D eigenvalue weighted by Crippen LogP contribution is 2.12. The molecule has 0 heterocycles. The van der Waals surface area contributed by atoms with Crippen LogP contribution in [0.3, 0.4) is 0 Å². The van der Waals surface area contributed by atoms with E-state index in [-0.39, 0.29) is 19.6 Å². The Balaban J connectivity index is 2.73. The van der Waals surface area contributed by atoms with E-state index >= 15 is 0 Å². The van der Waals surface area contributed by atoms with Crippen molar-refractivity contribution in [1.29, 1.82) is 0 Å². The first-order chi connectivity index (χ1) is 8.52. The third-order valence-electron chi connectivity index (χ3n) is 2.28. The lowest BCUT2D eigenvalue weighted by atomic mass is 10.1. The molecular weight excluding hydrogens is 241 g/mol. The first-order valence-electron chi connectivity index (χ1n) is 5.47. The van der Waals surface area contributed by atoms with Crippen LogP contribution in [0.1, 0.15) is 11.1 Å². The fourth-order valence-electron chi connectivity index (χ4n) is 1.50. The van der Waals surface area contributed by atoms with Crippen molar-refractivity contribution in [2.45, 2.75) is 13.0 Å². The molecule has 1 rings (SSSR count). The largest absolute Gasteiger partial charge is 0.320 e. The van der Waals surface area contributed by atoms with Gasteiger partial charge in [0, 0.05) is 17.7 Å². The number of hydrogen-bond donors (Lipinski definition) is 1. The summed E-state index contributed by atoms with van der Waals surface area (Å²) in [5.41, 5.74) is 6.11. The Hall–Kier alpha value is -1.51. The average Bonchev–Trinajstić information content (AvgIpc) is 2.28. The third-order valence-corrected chi connectivity index (χ3v) is 2.28. The van der Waals surface area contributed by atoms with Gasteiger partial charge in [-0.3, -0.25) is 4.90 Å². The fraction of sp³-hybridized carbons (Fsp3) is 0.385. The third kappa shape index (κ3) is 4.78. The highest BCUT2D eigenvalue weighted by molar-refractivity contribution is 5.37. The van der Waals surface area contributed by atoms with E-state index < -0.39 is 12.2 Å². The van der Waals surface area contributed by atoms with Crippen LogP contribution in [0.2, 0.25) is 0 Å². The molecule has 0 saturated carbocycles. The second kappa shape index (κ2) is 7.04. The van der Waals surface area contributed by atoms with Gasteiger partial charge in [0.1, 0.15) is 5.82 Å². The van der Waals surface area contributed by atoms with Gasteiger partial charge < -0.3 is 5.73 Å². The van der Waals surface area contributed by atoms with Crippen LogP contribution >= 0.6 is 0 Å². The molecule has 0 aliphatic heterocycles. The molecule has 0 amide bonds. The molecular formula is C13H15F3N2. The molecule has 0 aromatic heterocycles. The number of nitrogens with two attached hydrogens (primary N) is 1. The van der Waals surface area contributed by atoms with Crippen molar-refractivity contribution in [1.82, 2.24) is 4.90 Å². The first kappa shape index (κ1) is 14.6. The number of rotatable bonds is 4. The van der Waals surface area contributed by atoms with Gasteiger partial charge in [0.05, 0.1) is 13.1 Å². The number of benzene rings is 1. The zero-order valence-electron chi connectivity index (χ0n) is 10.1. The Morgan fingerprint density at radius 1 is 1.39 bits per heavy atom. The van der Waals surface area contributed by atoms with Gasteiger partial charge in [0.2, 0.25) is 0 Å². The van der Waals surface area contributed by atoms with Gasteiger partial charge in [-0.25, -0.2) is 13.2 Å². The molecule has 98 valence electrons. The Labute approximate surface area is 105 Å². The highest BCUT2D eigenvalue weighted by Gasteiger charge is 2.10. The van der Waals surface area contributed by atoms with E-state index in [0.717, 1.165) is 0 Å². The lowest BCUT2D eigenvalue weighted by molar-refractivity contribution is 0.0971. The summed E-state index contributed by atoms with van der Waals surface area (Å²) in [6, 6.07) is 4.49. The van der Waals surface area contributed by atoms with E-state index in [4.69, 9.17) is 5.73 Å². The van der Waals surface area contributed by atoms with E-state index in [1.807, 2.05) is 0 Å². The van der Waals surface area contributed by atoms with Crippen LogP contribution in [0, 0.1) is 17.7 Å². The van der Waals surface area contributed by atoms with Gasteiger partial charge in [0.25, 0.3) is 6.43 Å². The predicted molar refractivity (Wildman–Crippen MR) is 64.7 cm³/mol. The summed E-state index contributed by atoms with van der Waals surface area (Å²) in [6.45, 7) is -0.0323. The number of hydrogen-bond acceptors (Lipinski definition) is 2. The van der Waals surface area contributed by atoms with Gasteiger partial charge in [0.15, 0.2) is 0 Å². The SMILES string of the molecule is CN(Cc1ccc(C#CCN)cc1F)CC(F)F. The molecule has 0 spiro atoms. The van der Waals surface area contributed by atoms with Gasteiger partial charge in [-0.2, -0.15) is 0 Å². The van der Waals surface area contributed by atoms with E-state index in [2.05, 4.69) is 11.8 Å². The first-order valence-corrected chi connectivity index (χ1v) is 5.47. The normalized spacial score (nSPS) is 10.6. The van der Waals surface area contributed by atoms with E-state index in [1.54, 1.807) is 12.1 Å². The van der Waals surface area contributed by atoms with Crippen molar-refractivity contribution in [3.8, 4) is 11.8 Å². The molecule has 2 nitrogen and oxygen atoms in total. The minimum atomic E-state index is -2.42. The van der Waals surface area contributed by atoms with Gasteiger partial charge in [-0.15, -0.1) is 0 Å². The second-order valence-corrected chi connectivity index (χ2v) is 3.90.